The molecule has 0 aromatic rings. The summed E-state index contributed by atoms with van der Waals surface area (Å²) in [6, 6.07) is 0. The van der Waals surface area contributed by atoms with Crippen molar-refractivity contribution in [2.24, 2.45) is 11.8 Å². The fourth-order valence-electron chi connectivity index (χ4n) is 6.77. The zero-order valence-electron chi connectivity index (χ0n) is 36.0. The Labute approximate surface area is 357 Å². The molecule has 0 aliphatic heterocycles. The molecule has 0 radical (unpaired) electrons. The number of hydrogen-bond donors (Lipinski definition) is 6. The summed E-state index contributed by atoms with van der Waals surface area (Å²) in [4.78, 5) is 65.5. The fourth-order valence-corrected chi connectivity index (χ4v) is 7.92. The Morgan fingerprint density at radius 1 is 0.717 bits per heavy atom. The lowest BCUT2D eigenvalue weighted by molar-refractivity contribution is -0.161. The van der Waals surface area contributed by atoms with E-state index < -0.39 is 78.4 Å². The van der Waals surface area contributed by atoms with Crippen LogP contribution in [0.25, 0.3) is 0 Å². The first-order valence-electron chi connectivity index (χ1n) is 22.1. The van der Waals surface area contributed by atoms with Crippen LogP contribution < -0.4 is 0 Å². The summed E-state index contributed by atoms with van der Waals surface area (Å²) < 4.78 is 47.8. The highest BCUT2D eigenvalue weighted by molar-refractivity contribution is 7.47. The van der Waals surface area contributed by atoms with E-state index in [-0.39, 0.29) is 36.9 Å². The molecule has 16 nitrogen and oxygen atoms in total. The number of hydrogen-bond acceptors (Lipinski definition) is 13. The van der Waals surface area contributed by atoms with Crippen molar-refractivity contribution in [1.29, 1.82) is 0 Å². The molecule has 60 heavy (non-hydrogen) atoms. The Hall–Kier alpha value is -1.81. The van der Waals surface area contributed by atoms with E-state index in [0.717, 1.165) is 57.8 Å². The van der Waals surface area contributed by atoms with E-state index in [1.807, 2.05) is 0 Å². The number of carbonyl (C=O) groups excluding carboxylic acids is 3. The second-order valence-corrected chi connectivity index (χ2v) is 18.4. The van der Waals surface area contributed by atoms with Crippen molar-refractivity contribution >= 4 is 33.4 Å². The molecule has 1 aliphatic carbocycles. The van der Waals surface area contributed by atoms with Crippen LogP contribution in [0, 0.1) is 11.8 Å². The minimum absolute atomic E-state index is 0.000269. The predicted octanol–water partition coefficient (Wildman–Crippen LogP) is 7.71. The summed E-state index contributed by atoms with van der Waals surface area (Å²) in [7, 11) is -9.77. The SMILES string of the molecule is CCCCCC/C=C\CCCCCCCC(=O)OC[C@H](COP(=O)(O)OC[C@@H](O)COP(=O)(O)O)OC(=O)CCCCCC[C@H]1C(=O)C[C@@H](O)[C@@H]1/C=C/[C@@H](O)CCCCC. The molecule has 0 aromatic carbocycles. The predicted molar refractivity (Wildman–Crippen MR) is 226 cm³/mol. The van der Waals surface area contributed by atoms with Crippen molar-refractivity contribution < 1.29 is 76.6 Å². The Bertz CT molecular complexity index is 1320. The van der Waals surface area contributed by atoms with Gasteiger partial charge in [-0.2, -0.15) is 0 Å². The van der Waals surface area contributed by atoms with Gasteiger partial charge in [0.05, 0.1) is 32.0 Å². The zero-order chi connectivity index (χ0) is 44.7. The molecule has 7 atom stereocenters. The van der Waals surface area contributed by atoms with Gasteiger partial charge in [-0.1, -0.05) is 115 Å². The summed E-state index contributed by atoms with van der Waals surface area (Å²) in [6.45, 7) is 1.36. The summed E-state index contributed by atoms with van der Waals surface area (Å²) >= 11 is 0. The Morgan fingerprint density at radius 2 is 1.27 bits per heavy atom. The van der Waals surface area contributed by atoms with E-state index >= 15 is 0 Å². The molecule has 6 N–H and O–H groups in total. The average Bonchev–Trinajstić information content (AvgIpc) is 3.46. The van der Waals surface area contributed by atoms with Gasteiger partial charge < -0.3 is 39.5 Å². The minimum Gasteiger partial charge on any atom is -0.462 e. The topological polar surface area (TPSA) is 253 Å². The van der Waals surface area contributed by atoms with Gasteiger partial charge in [0.1, 0.15) is 18.5 Å². The van der Waals surface area contributed by atoms with Crippen LogP contribution in [0.4, 0.5) is 0 Å². The van der Waals surface area contributed by atoms with Crippen molar-refractivity contribution in [3.63, 3.8) is 0 Å². The first kappa shape index (κ1) is 56.2. The van der Waals surface area contributed by atoms with E-state index in [2.05, 4.69) is 35.0 Å². The highest BCUT2D eigenvalue weighted by atomic mass is 31.2. The number of carbonyl (C=O) groups is 3. The van der Waals surface area contributed by atoms with E-state index in [0.29, 0.717) is 44.9 Å². The smallest absolute Gasteiger partial charge is 0.462 e. The van der Waals surface area contributed by atoms with Crippen molar-refractivity contribution in [2.75, 3.05) is 26.4 Å². The van der Waals surface area contributed by atoms with Crippen LogP contribution in [-0.2, 0) is 46.6 Å². The van der Waals surface area contributed by atoms with Crippen LogP contribution in [0.3, 0.4) is 0 Å². The third-order valence-corrected chi connectivity index (χ3v) is 11.6. The molecule has 1 fully saturated rings. The van der Waals surface area contributed by atoms with Crippen LogP contribution in [-0.4, -0.2) is 98.6 Å². The lowest BCUT2D eigenvalue weighted by Gasteiger charge is -2.20. The maximum Gasteiger partial charge on any atom is 0.472 e. The first-order chi connectivity index (χ1) is 28.6. The number of ketones is 1. The summed E-state index contributed by atoms with van der Waals surface area (Å²) in [5.41, 5.74) is 0. The zero-order valence-corrected chi connectivity index (χ0v) is 37.8. The monoisotopic (exact) mass is 898 g/mol. The highest BCUT2D eigenvalue weighted by Crippen LogP contribution is 2.44. The van der Waals surface area contributed by atoms with Gasteiger partial charge in [-0.05, 0) is 51.4 Å². The molecule has 1 aliphatic rings. The van der Waals surface area contributed by atoms with E-state index in [4.69, 9.17) is 23.8 Å². The highest BCUT2D eigenvalue weighted by Gasteiger charge is 2.39. The number of Topliss-reactive ketones (excluding diaryl/α,β-unsaturated/α-hetero) is 1. The number of phosphoric ester groups is 2. The number of phosphoric acid groups is 2. The molecule has 0 spiro atoms. The quantitative estimate of drug-likeness (QED) is 0.0150. The van der Waals surface area contributed by atoms with Crippen LogP contribution in [0.5, 0.6) is 0 Å². The van der Waals surface area contributed by atoms with Gasteiger partial charge in [0.25, 0.3) is 0 Å². The van der Waals surface area contributed by atoms with Gasteiger partial charge in [0, 0.05) is 31.1 Å². The molecule has 0 heterocycles. The van der Waals surface area contributed by atoms with Crippen LogP contribution in [0.2, 0.25) is 0 Å². The number of allylic oxidation sites excluding steroid dienone is 2. The fraction of sp³-hybridized carbons (Fsp3) is 0.833. The Balaban J connectivity index is 2.56. The maximum atomic E-state index is 12.8. The average molecular weight is 899 g/mol. The third-order valence-electron chi connectivity index (χ3n) is 10.2. The molecule has 0 bridgehead atoms. The third kappa shape index (κ3) is 30.3. The van der Waals surface area contributed by atoms with Crippen molar-refractivity contribution in [1.82, 2.24) is 0 Å². The van der Waals surface area contributed by atoms with Gasteiger partial charge in [0.2, 0.25) is 0 Å². The number of unbranched alkanes of at least 4 members (excludes halogenated alkanes) is 14. The summed E-state index contributed by atoms with van der Waals surface area (Å²) in [6.07, 6.45) is 22.2. The maximum absolute atomic E-state index is 12.8. The molecule has 0 aromatic heterocycles. The molecule has 0 amide bonds. The van der Waals surface area contributed by atoms with Gasteiger partial charge >= 0.3 is 27.6 Å². The second-order valence-electron chi connectivity index (χ2n) is 15.7. The summed E-state index contributed by atoms with van der Waals surface area (Å²) in [5.74, 6) is -1.88. The van der Waals surface area contributed by atoms with E-state index in [1.165, 1.54) is 25.7 Å². The van der Waals surface area contributed by atoms with Gasteiger partial charge in [-0.15, -0.1) is 0 Å². The summed E-state index contributed by atoms with van der Waals surface area (Å²) in [5, 5.41) is 30.5. The van der Waals surface area contributed by atoms with E-state index in [9.17, 15) is 43.7 Å². The molecule has 1 saturated carbocycles. The number of ether oxygens (including phenoxy) is 2. The number of aliphatic hydroxyl groups excluding tert-OH is 3. The lowest BCUT2D eigenvalue weighted by atomic mass is 9.88. The number of esters is 2. The van der Waals surface area contributed by atoms with Gasteiger partial charge in [-0.25, -0.2) is 9.13 Å². The normalized spacial score (nSPS) is 19.8. The molecule has 0 saturated heterocycles. The minimum atomic E-state index is -4.90. The van der Waals surface area contributed by atoms with Crippen molar-refractivity contribution in [2.45, 2.75) is 186 Å². The van der Waals surface area contributed by atoms with Crippen LogP contribution in [0.15, 0.2) is 24.3 Å². The largest absolute Gasteiger partial charge is 0.472 e. The molecular weight excluding hydrogens is 822 g/mol. The van der Waals surface area contributed by atoms with Crippen LogP contribution >= 0.6 is 15.6 Å². The Kier molecular flexibility index (Phi) is 31.6. The molecule has 350 valence electrons. The van der Waals surface area contributed by atoms with Crippen molar-refractivity contribution in [3.8, 4) is 0 Å². The Morgan fingerprint density at radius 3 is 1.92 bits per heavy atom. The van der Waals surface area contributed by atoms with Gasteiger partial charge in [0.15, 0.2) is 6.10 Å². The molecule has 1 rings (SSSR count). The standard InChI is InChI=1S/C42H76O16P2/c1-3-5-7-8-9-10-11-12-13-14-15-16-21-25-41(47)54-32-36(33-57-60(52,53)56-31-35(44)30-55-59(49,50)51)58-42(48)26-22-18-17-20-24-37-38(40(46)29-39(37)45)28-27-34(43)23-19-6-4-2/h10-11,27-28,34-38,40,43-44,46H,3-9,12-26,29-33H2,1-2H3,(H,52,53)(H2,49,50,51)/b11-10-,28-27+/t34-,35-,36+,37+,38+,40+/m0/s1. The van der Waals surface area contributed by atoms with Crippen molar-refractivity contribution in [3.05, 3.63) is 24.3 Å². The second kappa shape index (κ2) is 33.7. The lowest BCUT2D eigenvalue weighted by Crippen LogP contribution is -2.30. The number of rotatable bonds is 38. The molecule has 18 heteroatoms. The van der Waals surface area contributed by atoms with E-state index in [1.54, 1.807) is 12.2 Å². The molecule has 1 unspecified atom stereocenters. The van der Waals surface area contributed by atoms with Crippen LogP contribution in [0.1, 0.15) is 162 Å². The number of aliphatic hydroxyl groups is 3. The first-order valence-corrected chi connectivity index (χ1v) is 25.2. The van der Waals surface area contributed by atoms with Gasteiger partial charge in [-0.3, -0.25) is 28.0 Å². The molecular formula is C42H76O16P2.